The van der Waals surface area contributed by atoms with Crippen molar-refractivity contribution in [1.82, 2.24) is 9.21 Å². The number of carbonyl (C=O) groups excluding carboxylic acids is 1. The Kier molecular flexibility index (Phi) is 4.47. The Labute approximate surface area is 183 Å². The molecule has 1 aromatic heterocycles. The first kappa shape index (κ1) is 19.7. The molecule has 0 atom stereocenters. The van der Waals surface area contributed by atoms with Crippen LogP contribution >= 0.6 is 11.3 Å². The third-order valence-electron chi connectivity index (χ3n) is 9.09. The predicted molar refractivity (Wildman–Crippen MR) is 117 cm³/mol. The van der Waals surface area contributed by atoms with Gasteiger partial charge in [0.05, 0.1) is 5.41 Å². The first-order valence-electron chi connectivity index (χ1n) is 11.7. The molecule has 2 saturated heterocycles. The Morgan fingerprint density at radius 1 is 0.967 bits per heavy atom. The summed E-state index contributed by atoms with van der Waals surface area (Å²) in [6.07, 6.45) is 10.3. The highest BCUT2D eigenvalue weighted by Crippen LogP contribution is 2.61. The molecule has 4 saturated carbocycles. The van der Waals surface area contributed by atoms with E-state index in [1.54, 1.807) is 16.4 Å². The van der Waals surface area contributed by atoms with E-state index in [1.165, 1.54) is 30.6 Å². The molecule has 1 spiro atoms. The third-order valence-corrected chi connectivity index (χ3v) is 12.4. The number of hydrogen-bond acceptors (Lipinski definition) is 4. The van der Waals surface area contributed by atoms with E-state index in [9.17, 15) is 13.2 Å². The van der Waals surface area contributed by atoms with Crippen LogP contribution in [0.3, 0.4) is 0 Å². The number of nitrogens with zero attached hydrogens (tertiary/aromatic N) is 2. The van der Waals surface area contributed by atoms with E-state index < -0.39 is 10.0 Å². The lowest BCUT2D eigenvalue weighted by Crippen LogP contribution is -2.54. The molecule has 3 heterocycles. The van der Waals surface area contributed by atoms with Gasteiger partial charge in [0.1, 0.15) is 4.21 Å². The molecule has 5 nitrogen and oxygen atoms in total. The van der Waals surface area contributed by atoms with Crippen molar-refractivity contribution in [2.75, 3.05) is 26.2 Å². The number of rotatable bonds is 3. The Morgan fingerprint density at radius 2 is 1.57 bits per heavy atom. The van der Waals surface area contributed by atoms with Crippen LogP contribution in [-0.2, 0) is 14.8 Å². The van der Waals surface area contributed by atoms with Gasteiger partial charge in [-0.3, -0.25) is 4.79 Å². The summed E-state index contributed by atoms with van der Waals surface area (Å²) >= 11 is 1.30. The molecule has 2 aliphatic heterocycles. The zero-order chi connectivity index (χ0) is 20.6. The maximum absolute atomic E-state index is 13.7. The lowest BCUT2D eigenvalue weighted by atomic mass is 9.49. The van der Waals surface area contributed by atoms with E-state index in [4.69, 9.17) is 0 Å². The summed E-state index contributed by atoms with van der Waals surface area (Å²) in [5, 5.41) is 1.82. The monoisotopic (exact) mass is 448 g/mol. The van der Waals surface area contributed by atoms with Crippen LogP contribution in [0, 0.1) is 28.6 Å². The summed E-state index contributed by atoms with van der Waals surface area (Å²) < 4.78 is 27.8. The molecule has 7 rings (SSSR count). The SMILES string of the molecule is O=C(N1CCC2(CCN(S(=O)(=O)c3cccs3)CC2)C1)C12CC3CC(CC(C3)C1)C2. The summed E-state index contributed by atoms with van der Waals surface area (Å²) in [5.41, 5.74) is 0.0723. The van der Waals surface area contributed by atoms with Crippen molar-refractivity contribution in [3.63, 3.8) is 0 Å². The van der Waals surface area contributed by atoms with E-state index in [0.717, 1.165) is 69.4 Å². The molecule has 6 fully saturated rings. The van der Waals surface area contributed by atoms with Gasteiger partial charge < -0.3 is 4.90 Å². The molecule has 0 radical (unpaired) electrons. The predicted octanol–water partition coefficient (Wildman–Crippen LogP) is 3.97. The number of likely N-dealkylation sites (tertiary alicyclic amines) is 1. The quantitative estimate of drug-likeness (QED) is 0.703. The normalized spacial score (nSPS) is 37.9. The van der Waals surface area contributed by atoms with E-state index >= 15 is 0 Å². The summed E-state index contributed by atoms with van der Waals surface area (Å²) in [5.74, 6) is 2.83. The molecule has 0 unspecified atom stereocenters. The van der Waals surface area contributed by atoms with E-state index in [-0.39, 0.29) is 10.8 Å². The van der Waals surface area contributed by atoms with E-state index in [1.807, 2.05) is 5.38 Å². The number of piperidine rings is 1. The first-order chi connectivity index (χ1) is 14.4. The zero-order valence-electron chi connectivity index (χ0n) is 17.6. The van der Waals surface area contributed by atoms with Crippen molar-refractivity contribution in [3.8, 4) is 0 Å². The topological polar surface area (TPSA) is 57.7 Å². The first-order valence-corrected chi connectivity index (χ1v) is 14.0. The highest BCUT2D eigenvalue weighted by Gasteiger charge is 2.57. The van der Waals surface area contributed by atoms with Crippen LogP contribution in [0.4, 0.5) is 0 Å². The molecule has 1 amide bonds. The van der Waals surface area contributed by atoms with Crippen molar-refractivity contribution in [2.45, 2.75) is 62.0 Å². The van der Waals surface area contributed by atoms with Gasteiger partial charge in [-0.15, -0.1) is 11.3 Å². The number of sulfonamides is 1. The van der Waals surface area contributed by atoms with Crippen LogP contribution in [0.15, 0.2) is 21.7 Å². The fraction of sp³-hybridized carbons (Fsp3) is 0.783. The number of hydrogen-bond donors (Lipinski definition) is 0. The minimum absolute atomic E-state index is 0.0521. The smallest absolute Gasteiger partial charge is 0.252 e. The Balaban J connectivity index is 1.13. The van der Waals surface area contributed by atoms with E-state index in [0.29, 0.717) is 23.2 Å². The summed E-state index contributed by atoms with van der Waals surface area (Å²) in [4.78, 5) is 15.9. The van der Waals surface area contributed by atoms with Crippen LogP contribution in [0.25, 0.3) is 0 Å². The van der Waals surface area contributed by atoms with Gasteiger partial charge in [0.2, 0.25) is 5.91 Å². The van der Waals surface area contributed by atoms with Gasteiger partial charge >= 0.3 is 0 Å². The van der Waals surface area contributed by atoms with Gasteiger partial charge in [-0.25, -0.2) is 8.42 Å². The van der Waals surface area contributed by atoms with Gasteiger partial charge in [0.25, 0.3) is 10.0 Å². The molecule has 1 aromatic rings. The van der Waals surface area contributed by atoms with Gasteiger partial charge in [-0.05, 0) is 92.4 Å². The van der Waals surface area contributed by atoms with Crippen molar-refractivity contribution in [1.29, 1.82) is 0 Å². The van der Waals surface area contributed by atoms with Crippen LogP contribution in [0.1, 0.15) is 57.8 Å². The van der Waals surface area contributed by atoms with Crippen LogP contribution in [0.2, 0.25) is 0 Å². The standard InChI is InChI=1S/C23H32N2O3S2/c26-21(23-13-17-10-18(14-23)12-19(11-17)15-23)24-6-3-22(16-24)4-7-25(8-5-22)30(27,28)20-2-1-9-29-20/h1-2,9,17-19H,3-8,10-16H2. The largest absolute Gasteiger partial charge is 0.342 e. The Hall–Kier alpha value is -0.920. The minimum atomic E-state index is -3.35. The molecule has 0 N–H and O–H groups in total. The second-order valence-corrected chi connectivity index (χ2v) is 14.1. The molecular formula is C23H32N2O3S2. The molecule has 6 aliphatic rings. The molecule has 4 bridgehead atoms. The lowest BCUT2D eigenvalue weighted by Gasteiger charge is -2.56. The van der Waals surface area contributed by atoms with Crippen molar-refractivity contribution < 1.29 is 13.2 Å². The maximum atomic E-state index is 13.7. The highest BCUT2D eigenvalue weighted by atomic mass is 32.2. The minimum Gasteiger partial charge on any atom is -0.342 e. The summed E-state index contributed by atoms with van der Waals surface area (Å²) in [6.45, 7) is 2.89. The van der Waals surface area contributed by atoms with Crippen molar-refractivity contribution in [2.24, 2.45) is 28.6 Å². The average Bonchev–Trinajstić information content (AvgIpc) is 3.38. The number of thiophene rings is 1. The molecule has 164 valence electrons. The van der Waals surface area contributed by atoms with Crippen LogP contribution in [0.5, 0.6) is 0 Å². The van der Waals surface area contributed by atoms with Crippen LogP contribution in [-0.4, -0.2) is 49.7 Å². The van der Waals surface area contributed by atoms with Crippen molar-refractivity contribution in [3.05, 3.63) is 17.5 Å². The number of amides is 1. The molecule has 30 heavy (non-hydrogen) atoms. The van der Waals surface area contributed by atoms with Gasteiger partial charge in [0.15, 0.2) is 0 Å². The molecular weight excluding hydrogens is 416 g/mol. The second-order valence-electron chi connectivity index (χ2n) is 11.0. The molecule has 7 heteroatoms. The fourth-order valence-electron chi connectivity index (χ4n) is 7.96. The van der Waals surface area contributed by atoms with Gasteiger partial charge in [0, 0.05) is 26.2 Å². The molecule has 4 aliphatic carbocycles. The average molecular weight is 449 g/mol. The maximum Gasteiger partial charge on any atom is 0.252 e. The summed E-state index contributed by atoms with van der Waals surface area (Å²) in [6, 6.07) is 3.50. The van der Waals surface area contributed by atoms with Crippen molar-refractivity contribution >= 4 is 27.3 Å². The Bertz CT molecular complexity index is 896. The van der Waals surface area contributed by atoms with Gasteiger partial charge in [-0.2, -0.15) is 4.31 Å². The zero-order valence-corrected chi connectivity index (χ0v) is 19.2. The van der Waals surface area contributed by atoms with Crippen LogP contribution < -0.4 is 0 Å². The number of carbonyl (C=O) groups is 1. The summed E-state index contributed by atoms with van der Waals surface area (Å²) in [7, 11) is -3.35. The second kappa shape index (κ2) is 6.79. The Morgan fingerprint density at radius 3 is 2.13 bits per heavy atom. The van der Waals surface area contributed by atoms with E-state index in [2.05, 4.69) is 4.90 Å². The highest BCUT2D eigenvalue weighted by molar-refractivity contribution is 7.91. The molecule has 0 aromatic carbocycles. The fourth-order valence-corrected chi connectivity index (χ4v) is 10.5. The lowest BCUT2D eigenvalue weighted by molar-refractivity contribution is -0.157. The third kappa shape index (κ3) is 3.02. The van der Waals surface area contributed by atoms with Gasteiger partial charge in [-0.1, -0.05) is 6.07 Å².